The molecule has 1 atom stereocenters. The van der Waals surface area contributed by atoms with Crippen LogP contribution in [0.25, 0.3) is 0 Å². The van der Waals surface area contributed by atoms with Crippen LogP contribution in [0.4, 0.5) is 5.82 Å². The monoisotopic (exact) mass is 284 g/mol. The second kappa shape index (κ2) is 8.46. The Balaban J connectivity index is 0.00000106. The van der Waals surface area contributed by atoms with Crippen LogP contribution < -0.4 is 4.90 Å². The summed E-state index contributed by atoms with van der Waals surface area (Å²) in [7, 11) is 2.09. The van der Waals surface area contributed by atoms with Gasteiger partial charge < -0.3 is 4.90 Å². The van der Waals surface area contributed by atoms with E-state index in [1.54, 1.807) is 0 Å². The van der Waals surface area contributed by atoms with Crippen LogP contribution in [0.3, 0.4) is 0 Å². The van der Waals surface area contributed by atoms with Gasteiger partial charge in [0.1, 0.15) is 5.82 Å². The Morgan fingerprint density at radius 2 is 1.48 bits per heavy atom. The number of aromatic nitrogens is 1. The van der Waals surface area contributed by atoms with Crippen molar-refractivity contribution in [2.45, 2.75) is 46.6 Å². The zero-order chi connectivity index (χ0) is 15.8. The summed E-state index contributed by atoms with van der Waals surface area (Å²) in [5, 5.41) is 0. The average Bonchev–Trinajstić information content (AvgIpc) is 2.56. The van der Waals surface area contributed by atoms with E-state index in [0.29, 0.717) is 12.0 Å². The number of hydrogen-bond donors (Lipinski definition) is 0. The predicted octanol–water partition coefficient (Wildman–Crippen LogP) is 5.43. The second-order valence-corrected chi connectivity index (χ2v) is 5.30. The van der Waals surface area contributed by atoms with Gasteiger partial charge in [0.15, 0.2) is 0 Å². The molecule has 0 bridgehead atoms. The molecule has 0 aliphatic carbocycles. The average molecular weight is 284 g/mol. The molecule has 0 aliphatic heterocycles. The Labute approximate surface area is 129 Å². The molecule has 1 unspecified atom stereocenters. The fraction of sp³-hybridized carbons (Fsp3) is 0.421. The van der Waals surface area contributed by atoms with Gasteiger partial charge in [-0.15, -0.1) is 0 Å². The normalized spacial score (nSPS) is 11.6. The van der Waals surface area contributed by atoms with Crippen LogP contribution in [0, 0.1) is 0 Å². The fourth-order valence-electron chi connectivity index (χ4n) is 2.10. The predicted molar refractivity (Wildman–Crippen MR) is 92.9 cm³/mol. The SMILES string of the molecule is CC.CC(C)c1ccc(N(C)C(C)c2ccccc2)nc1. The Hall–Kier alpha value is -1.83. The van der Waals surface area contributed by atoms with E-state index in [4.69, 9.17) is 0 Å². The van der Waals surface area contributed by atoms with Gasteiger partial charge in [0.05, 0.1) is 6.04 Å². The van der Waals surface area contributed by atoms with Crippen molar-refractivity contribution in [1.82, 2.24) is 4.98 Å². The third-order valence-corrected chi connectivity index (χ3v) is 3.66. The highest BCUT2D eigenvalue weighted by Gasteiger charge is 2.13. The van der Waals surface area contributed by atoms with E-state index in [1.807, 2.05) is 26.1 Å². The summed E-state index contributed by atoms with van der Waals surface area (Å²) in [6, 6.07) is 15.1. The summed E-state index contributed by atoms with van der Waals surface area (Å²) >= 11 is 0. The van der Waals surface area contributed by atoms with E-state index in [9.17, 15) is 0 Å². The maximum atomic E-state index is 4.57. The van der Waals surface area contributed by atoms with E-state index < -0.39 is 0 Å². The van der Waals surface area contributed by atoms with Crippen molar-refractivity contribution in [3.05, 3.63) is 59.8 Å². The summed E-state index contributed by atoms with van der Waals surface area (Å²) in [5.74, 6) is 1.54. The largest absolute Gasteiger partial charge is 0.353 e. The van der Waals surface area contributed by atoms with Crippen LogP contribution in [0.5, 0.6) is 0 Å². The lowest BCUT2D eigenvalue weighted by atomic mass is 10.1. The van der Waals surface area contributed by atoms with Crippen LogP contribution in [-0.4, -0.2) is 12.0 Å². The summed E-state index contributed by atoms with van der Waals surface area (Å²) < 4.78 is 0. The number of anilines is 1. The minimum Gasteiger partial charge on any atom is -0.353 e. The standard InChI is InChI=1S/C17H22N2.C2H6/c1-13(2)16-10-11-17(18-12-16)19(4)14(3)15-8-6-5-7-9-15;1-2/h5-14H,1-4H3;1-2H3. The van der Waals surface area contributed by atoms with Gasteiger partial charge in [-0.2, -0.15) is 0 Å². The molecule has 0 fully saturated rings. The molecule has 0 saturated carbocycles. The minimum absolute atomic E-state index is 0.318. The smallest absolute Gasteiger partial charge is 0.128 e. The van der Waals surface area contributed by atoms with Crippen molar-refractivity contribution in [3.8, 4) is 0 Å². The van der Waals surface area contributed by atoms with Gasteiger partial charge in [-0.25, -0.2) is 4.98 Å². The Bertz CT molecular complexity index is 503. The Kier molecular flexibility index (Phi) is 6.93. The molecule has 0 aliphatic rings. The van der Waals surface area contributed by atoms with Gasteiger partial charge in [-0.3, -0.25) is 0 Å². The van der Waals surface area contributed by atoms with E-state index in [0.717, 1.165) is 5.82 Å². The molecular weight excluding hydrogens is 256 g/mol. The van der Waals surface area contributed by atoms with Crippen molar-refractivity contribution >= 4 is 5.82 Å². The zero-order valence-corrected chi connectivity index (χ0v) is 14.2. The van der Waals surface area contributed by atoms with Gasteiger partial charge in [0.25, 0.3) is 0 Å². The Morgan fingerprint density at radius 3 is 1.95 bits per heavy atom. The lowest BCUT2D eigenvalue weighted by Crippen LogP contribution is -2.22. The molecule has 0 amide bonds. The highest BCUT2D eigenvalue weighted by molar-refractivity contribution is 5.42. The van der Waals surface area contributed by atoms with Crippen LogP contribution in [-0.2, 0) is 0 Å². The number of rotatable bonds is 4. The van der Waals surface area contributed by atoms with E-state index in [2.05, 4.69) is 74.1 Å². The van der Waals surface area contributed by atoms with Gasteiger partial charge in [-0.05, 0) is 30.0 Å². The van der Waals surface area contributed by atoms with E-state index >= 15 is 0 Å². The molecule has 114 valence electrons. The van der Waals surface area contributed by atoms with Gasteiger partial charge in [0.2, 0.25) is 0 Å². The first kappa shape index (κ1) is 17.2. The number of nitrogens with zero attached hydrogens (tertiary/aromatic N) is 2. The van der Waals surface area contributed by atoms with Crippen molar-refractivity contribution in [3.63, 3.8) is 0 Å². The molecule has 1 aromatic carbocycles. The van der Waals surface area contributed by atoms with Crippen molar-refractivity contribution in [2.75, 3.05) is 11.9 Å². The molecule has 21 heavy (non-hydrogen) atoms. The van der Waals surface area contributed by atoms with Crippen LogP contribution in [0.2, 0.25) is 0 Å². The quantitative estimate of drug-likeness (QED) is 0.744. The molecule has 2 nitrogen and oxygen atoms in total. The first-order valence-corrected chi connectivity index (χ1v) is 7.83. The topological polar surface area (TPSA) is 16.1 Å². The van der Waals surface area contributed by atoms with Gasteiger partial charge in [0, 0.05) is 13.2 Å². The van der Waals surface area contributed by atoms with E-state index in [1.165, 1.54) is 11.1 Å². The highest BCUT2D eigenvalue weighted by Crippen LogP contribution is 2.24. The number of benzene rings is 1. The van der Waals surface area contributed by atoms with Crippen LogP contribution in [0.15, 0.2) is 48.7 Å². The summed E-state index contributed by atoms with van der Waals surface area (Å²) in [6.45, 7) is 10.6. The first-order valence-electron chi connectivity index (χ1n) is 7.83. The molecule has 0 saturated heterocycles. The maximum Gasteiger partial charge on any atom is 0.128 e. The van der Waals surface area contributed by atoms with Crippen molar-refractivity contribution in [1.29, 1.82) is 0 Å². The summed E-state index contributed by atoms with van der Waals surface area (Å²) in [5.41, 5.74) is 2.59. The molecule has 0 spiro atoms. The van der Waals surface area contributed by atoms with Crippen LogP contribution in [0.1, 0.15) is 57.7 Å². The maximum absolute atomic E-state index is 4.57. The van der Waals surface area contributed by atoms with E-state index in [-0.39, 0.29) is 0 Å². The first-order chi connectivity index (χ1) is 10.1. The molecule has 0 radical (unpaired) electrons. The molecule has 1 aromatic heterocycles. The third-order valence-electron chi connectivity index (χ3n) is 3.66. The molecule has 1 heterocycles. The second-order valence-electron chi connectivity index (χ2n) is 5.30. The summed E-state index contributed by atoms with van der Waals surface area (Å²) in [4.78, 5) is 6.78. The highest BCUT2D eigenvalue weighted by atomic mass is 15.2. The van der Waals surface area contributed by atoms with Crippen LogP contribution >= 0.6 is 0 Å². The zero-order valence-electron chi connectivity index (χ0n) is 14.2. The lowest BCUT2D eigenvalue weighted by molar-refractivity contribution is 0.727. The third kappa shape index (κ3) is 4.59. The molecule has 2 aromatic rings. The molecule has 0 N–H and O–H groups in total. The van der Waals surface area contributed by atoms with Crippen molar-refractivity contribution in [2.24, 2.45) is 0 Å². The van der Waals surface area contributed by atoms with Crippen molar-refractivity contribution < 1.29 is 0 Å². The minimum atomic E-state index is 0.318. The fourth-order valence-corrected chi connectivity index (χ4v) is 2.10. The Morgan fingerprint density at radius 1 is 0.857 bits per heavy atom. The number of pyridine rings is 1. The number of hydrogen-bond acceptors (Lipinski definition) is 2. The molecule has 2 heteroatoms. The molecule has 2 rings (SSSR count). The summed E-state index contributed by atoms with van der Waals surface area (Å²) in [6.07, 6.45) is 1.98. The molecular formula is C19H28N2. The lowest BCUT2D eigenvalue weighted by Gasteiger charge is -2.26. The van der Waals surface area contributed by atoms with Gasteiger partial charge in [-0.1, -0.05) is 64.1 Å². The van der Waals surface area contributed by atoms with Gasteiger partial charge >= 0.3 is 0 Å².